The molecule has 0 saturated heterocycles. The Labute approximate surface area is 85.9 Å². The standard InChI is InChI=1S/C4H12N2.C3H9O4P/c5-3-1-2-4-6;4-2-1-3-8(5,6)7/h1-6H2;4H,1-3H2,(H2,5,6,7)/p+1. The molecule has 0 amide bonds. The van der Waals surface area contributed by atoms with Gasteiger partial charge >= 0.3 is 9.02 Å². The molecule has 7 N–H and O–H groups in total. The number of unbranched alkanes of at least 4 members (excludes halogenated alkanes) is 1. The molecule has 0 bridgehead atoms. The molecule has 0 aromatic heterocycles. The van der Waals surface area contributed by atoms with Gasteiger partial charge in [-0.25, -0.2) is 0 Å². The SMILES string of the molecule is NCCCCN.O=P(O)(O)CCCO.[H+]. The van der Waals surface area contributed by atoms with Gasteiger partial charge in [0.1, 0.15) is 0 Å². The van der Waals surface area contributed by atoms with Crippen LogP contribution in [-0.2, 0) is 4.57 Å². The molecule has 0 aromatic carbocycles. The van der Waals surface area contributed by atoms with Crippen LogP contribution in [0.2, 0.25) is 0 Å². The second kappa shape index (κ2) is 11.1. The van der Waals surface area contributed by atoms with E-state index in [-0.39, 0.29) is 20.6 Å². The van der Waals surface area contributed by atoms with E-state index in [1.807, 2.05) is 0 Å². The first kappa shape index (κ1) is 16.5. The highest BCUT2D eigenvalue weighted by molar-refractivity contribution is 7.51. The Morgan fingerprint density at radius 1 is 1.07 bits per heavy atom. The fraction of sp³-hybridized carbons (Fsp3) is 1.00. The predicted octanol–water partition coefficient (Wildman–Crippen LogP) is -0.657. The lowest BCUT2D eigenvalue weighted by molar-refractivity contribution is 0.289. The van der Waals surface area contributed by atoms with Gasteiger partial charge in [0.25, 0.3) is 0 Å². The van der Waals surface area contributed by atoms with E-state index in [1.54, 1.807) is 0 Å². The van der Waals surface area contributed by atoms with E-state index in [0.717, 1.165) is 25.9 Å². The van der Waals surface area contributed by atoms with Crippen LogP contribution in [0.1, 0.15) is 20.7 Å². The molecule has 6 nitrogen and oxygen atoms in total. The minimum absolute atomic E-state index is 0. The Morgan fingerprint density at radius 2 is 1.50 bits per heavy atom. The van der Waals surface area contributed by atoms with Gasteiger partial charge in [-0.05, 0) is 32.4 Å². The quantitative estimate of drug-likeness (QED) is 0.304. The van der Waals surface area contributed by atoms with Crippen LogP contribution in [0.25, 0.3) is 0 Å². The zero-order valence-corrected chi connectivity index (χ0v) is 9.20. The lowest BCUT2D eigenvalue weighted by atomic mass is 10.3. The fourth-order valence-corrected chi connectivity index (χ4v) is 1.12. The van der Waals surface area contributed by atoms with Crippen molar-refractivity contribution in [3.8, 4) is 0 Å². The highest BCUT2D eigenvalue weighted by Gasteiger charge is 2.10. The molecule has 0 unspecified atom stereocenters. The van der Waals surface area contributed by atoms with Gasteiger partial charge in [0, 0.05) is 6.61 Å². The fourth-order valence-electron chi connectivity index (χ4n) is 0.565. The highest BCUT2D eigenvalue weighted by atomic mass is 31.2. The van der Waals surface area contributed by atoms with Crippen molar-refractivity contribution in [1.82, 2.24) is 0 Å². The van der Waals surface area contributed by atoms with Crippen molar-refractivity contribution < 1.29 is 20.9 Å². The Bertz CT molecular complexity index is 152. The molecule has 14 heavy (non-hydrogen) atoms. The second-order valence-electron chi connectivity index (χ2n) is 2.75. The third kappa shape index (κ3) is 22.7. The largest absolute Gasteiger partial charge is 1.00 e. The van der Waals surface area contributed by atoms with Crippen molar-refractivity contribution >= 4 is 7.60 Å². The van der Waals surface area contributed by atoms with E-state index in [4.69, 9.17) is 26.4 Å². The van der Waals surface area contributed by atoms with Crippen LogP contribution in [0.3, 0.4) is 0 Å². The zero-order chi connectivity index (χ0) is 11.4. The van der Waals surface area contributed by atoms with E-state index in [0.29, 0.717) is 0 Å². The van der Waals surface area contributed by atoms with Crippen molar-refractivity contribution in [2.45, 2.75) is 19.3 Å². The predicted molar refractivity (Wildman–Crippen MR) is 57.1 cm³/mol. The Kier molecular flexibility index (Phi) is 13.1. The normalized spacial score (nSPS) is 10.6. The number of aliphatic hydroxyl groups is 1. The first-order valence-corrected chi connectivity index (χ1v) is 6.33. The van der Waals surface area contributed by atoms with E-state index in [2.05, 4.69) is 0 Å². The molecule has 0 heterocycles. The molecule has 0 atom stereocenters. The molecular weight excluding hydrogens is 207 g/mol. The summed E-state index contributed by atoms with van der Waals surface area (Å²) in [5.74, 6) is 0. The maximum atomic E-state index is 9.97. The first-order valence-electron chi connectivity index (χ1n) is 4.53. The third-order valence-corrected chi connectivity index (χ3v) is 2.16. The summed E-state index contributed by atoms with van der Waals surface area (Å²) in [6.45, 7) is 1.39. The summed E-state index contributed by atoms with van der Waals surface area (Å²) in [5, 5.41) is 8.09. The van der Waals surface area contributed by atoms with E-state index in [1.165, 1.54) is 0 Å². The molecule has 0 fully saturated rings. The molecule has 0 rings (SSSR count). The summed E-state index contributed by atoms with van der Waals surface area (Å²) < 4.78 is 9.97. The van der Waals surface area contributed by atoms with Gasteiger partial charge in [-0.1, -0.05) is 0 Å². The second-order valence-corrected chi connectivity index (χ2v) is 4.53. The van der Waals surface area contributed by atoms with Gasteiger partial charge in [0.05, 0.1) is 6.16 Å². The lowest BCUT2D eigenvalue weighted by Gasteiger charge is -1.98. The summed E-state index contributed by atoms with van der Waals surface area (Å²) in [6.07, 6.45) is 2.08. The van der Waals surface area contributed by atoms with Gasteiger partial charge < -0.3 is 26.4 Å². The molecule has 0 aliphatic rings. The summed E-state index contributed by atoms with van der Waals surface area (Å²) in [5.41, 5.74) is 10.3. The monoisotopic (exact) mass is 229 g/mol. The molecule has 0 aliphatic heterocycles. The molecule has 7 heteroatoms. The minimum Gasteiger partial charge on any atom is -0.396 e. The van der Waals surface area contributed by atoms with Crippen LogP contribution in [0.15, 0.2) is 0 Å². The Balaban J connectivity index is -0.000000187. The third-order valence-electron chi connectivity index (χ3n) is 1.27. The first-order chi connectivity index (χ1) is 6.47. The van der Waals surface area contributed by atoms with E-state index in [9.17, 15) is 4.57 Å². The number of aliphatic hydroxyl groups excluding tert-OH is 1. The summed E-state index contributed by atoms with van der Waals surface area (Å²) >= 11 is 0. The van der Waals surface area contributed by atoms with Crippen LogP contribution >= 0.6 is 7.60 Å². The molecular formula is C7H22N2O4P+. The van der Waals surface area contributed by atoms with Crippen LogP contribution in [0.4, 0.5) is 0 Å². The molecule has 0 radical (unpaired) electrons. The van der Waals surface area contributed by atoms with E-state index >= 15 is 0 Å². The van der Waals surface area contributed by atoms with Gasteiger partial charge in [0.2, 0.25) is 0 Å². The molecule has 0 spiro atoms. The highest BCUT2D eigenvalue weighted by Crippen LogP contribution is 2.34. The van der Waals surface area contributed by atoms with Gasteiger partial charge in [-0.3, -0.25) is 4.57 Å². The smallest absolute Gasteiger partial charge is 0.396 e. The van der Waals surface area contributed by atoms with Crippen molar-refractivity contribution in [3.63, 3.8) is 0 Å². The van der Waals surface area contributed by atoms with Gasteiger partial charge in [0.15, 0.2) is 0 Å². The van der Waals surface area contributed by atoms with Crippen LogP contribution in [0.5, 0.6) is 0 Å². The van der Waals surface area contributed by atoms with Crippen LogP contribution in [-0.4, -0.2) is 40.8 Å². The van der Waals surface area contributed by atoms with Crippen molar-refractivity contribution in [2.75, 3.05) is 25.9 Å². The maximum absolute atomic E-state index is 9.97. The average Bonchev–Trinajstić information content (AvgIpc) is 2.11. The number of rotatable bonds is 6. The molecule has 0 aromatic rings. The van der Waals surface area contributed by atoms with Gasteiger partial charge in [-0.2, -0.15) is 0 Å². The van der Waals surface area contributed by atoms with E-state index < -0.39 is 7.60 Å². The lowest BCUT2D eigenvalue weighted by Crippen LogP contribution is -2.03. The Hall–Kier alpha value is 0.0300. The van der Waals surface area contributed by atoms with Crippen molar-refractivity contribution in [1.29, 1.82) is 0 Å². The summed E-state index contributed by atoms with van der Waals surface area (Å²) in [4.78, 5) is 16.3. The van der Waals surface area contributed by atoms with Crippen LogP contribution < -0.4 is 11.5 Å². The number of hydrogen-bond donors (Lipinski definition) is 5. The van der Waals surface area contributed by atoms with Gasteiger partial charge in [-0.15, -0.1) is 0 Å². The summed E-state index contributed by atoms with van der Waals surface area (Å²) in [6, 6.07) is 0. The number of hydrogen-bond acceptors (Lipinski definition) is 4. The van der Waals surface area contributed by atoms with Crippen molar-refractivity contribution in [3.05, 3.63) is 0 Å². The average molecular weight is 229 g/mol. The van der Waals surface area contributed by atoms with Crippen LogP contribution in [0, 0.1) is 0 Å². The molecule has 0 aliphatic carbocycles. The molecule has 88 valence electrons. The molecule has 0 saturated carbocycles. The summed E-state index contributed by atoms with van der Waals surface area (Å²) in [7, 11) is -3.84. The van der Waals surface area contributed by atoms with Crippen molar-refractivity contribution in [2.24, 2.45) is 11.5 Å². The minimum atomic E-state index is -3.84. The topological polar surface area (TPSA) is 130 Å². The number of nitrogens with two attached hydrogens (primary N) is 2. The maximum Gasteiger partial charge on any atom is 1.00 e. The zero-order valence-electron chi connectivity index (χ0n) is 9.30. The Morgan fingerprint density at radius 3 is 1.64 bits per heavy atom.